The molecule has 0 fully saturated rings. The fraction of sp³-hybridized carbons (Fsp3) is 0.294. The number of sulfonamides is 2. The lowest BCUT2D eigenvalue weighted by Gasteiger charge is -2.18. The second kappa shape index (κ2) is 6.68. The molecule has 0 unspecified atom stereocenters. The first-order valence-corrected chi connectivity index (χ1v) is 10.9. The van der Waals surface area contributed by atoms with Gasteiger partial charge in [-0.3, -0.25) is 9.03 Å². The molecule has 0 amide bonds. The summed E-state index contributed by atoms with van der Waals surface area (Å²) in [6, 6.07) is 9.89. The Labute approximate surface area is 149 Å². The maximum atomic E-state index is 12.8. The molecule has 0 bridgehead atoms. The monoisotopic (exact) mass is 382 g/mol. The van der Waals surface area contributed by atoms with Crippen molar-refractivity contribution in [2.45, 2.75) is 25.7 Å². The van der Waals surface area contributed by atoms with Gasteiger partial charge in [-0.25, -0.2) is 16.8 Å². The first kappa shape index (κ1) is 19.3. The van der Waals surface area contributed by atoms with Crippen LogP contribution in [0.2, 0.25) is 0 Å². The Morgan fingerprint density at radius 2 is 1.48 bits per heavy atom. The van der Waals surface area contributed by atoms with Gasteiger partial charge in [-0.1, -0.05) is 23.8 Å². The van der Waals surface area contributed by atoms with E-state index >= 15 is 0 Å². The minimum Gasteiger partial charge on any atom is -0.280 e. The van der Waals surface area contributed by atoms with Crippen LogP contribution in [0.5, 0.6) is 0 Å². The topological polar surface area (TPSA) is 83.6 Å². The molecule has 0 atom stereocenters. The van der Waals surface area contributed by atoms with E-state index in [9.17, 15) is 16.8 Å². The molecule has 0 heterocycles. The van der Waals surface area contributed by atoms with Crippen LogP contribution in [0.3, 0.4) is 0 Å². The lowest BCUT2D eigenvalue weighted by Crippen LogP contribution is -2.25. The fourth-order valence-electron chi connectivity index (χ4n) is 2.75. The highest BCUT2D eigenvalue weighted by Gasteiger charge is 2.21. The summed E-state index contributed by atoms with van der Waals surface area (Å²) in [5.41, 5.74) is 2.99. The lowest BCUT2D eigenvalue weighted by molar-refractivity contribution is 0.598. The molecule has 0 aliphatic heterocycles. The number of nitrogens with one attached hydrogen (secondary N) is 1. The van der Waals surface area contributed by atoms with E-state index in [1.807, 2.05) is 19.1 Å². The van der Waals surface area contributed by atoms with E-state index in [1.165, 1.54) is 13.1 Å². The third-order valence-corrected chi connectivity index (χ3v) is 6.72. The zero-order chi connectivity index (χ0) is 19.0. The molecule has 8 heteroatoms. The van der Waals surface area contributed by atoms with E-state index in [-0.39, 0.29) is 4.90 Å². The van der Waals surface area contributed by atoms with E-state index in [1.54, 1.807) is 32.0 Å². The second-order valence-electron chi connectivity index (χ2n) is 6.11. The number of hydrogen-bond donors (Lipinski definition) is 1. The fourth-order valence-corrected chi connectivity index (χ4v) is 4.76. The number of rotatable bonds is 5. The minimum atomic E-state index is -3.79. The third-order valence-electron chi connectivity index (χ3n) is 3.83. The molecular formula is C17H22N2O4S2. The van der Waals surface area contributed by atoms with Crippen molar-refractivity contribution in [1.29, 1.82) is 0 Å². The van der Waals surface area contributed by atoms with Crippen molar-refractivity contribution < 1.29 is 16.8 Å². The Hall–Kier alpha value is -2.06. The first-order valence-electron chi connectivity index (χ1n) is 7.56. The molecule has 6 nitrogen and oxygen atoms in total. The molecule has 0 spiro atoms. The minimum absolute atomic E-state index is 0.236. The molecule has 1 N–H and O–H groups in total. The van der Waals surface area contributed by atoms with Crippen LogP contribution in [0.4, 0.5) is 11.4 Å². The predicted molar refractivity (Wildman–Crippen MR) is 101 cm³/mol. The quantitative estimate of drug-likeness (QED) is 0.862. The molecule has 0 aliphatic carbocycles. The average Bonchev–Trinajstić information content (AvgIpc) is 2.43. The molecule has 0 saturated heterocycles. The van der Waals surface area contributed by atoms with Crippen molar-refractivity contribution in [3.8, 4) is 0 Å². The van der Waals surface area contributed by atoms with Gasteiger partial charge in [-0.05, 0) is 50.1 Å². The SMILES string of the molecule is Cc1cc(C)c(S(=O)(=O)Nc2cccc(N(C)S(C)(=O)=O)c2)c(C)c1. The van der Waals surface area contributed by atoms with Gasteiger partial charge < -0.3 is 0 Å². The van der Waals surface area contributed by atoms with Crippen LogP contribution < -0.4 is 9.03 Å². The molecule has 0 aliphatic rings. The van der Waals surface area contributed by atoms with Gasteiger partial charge in [0.05, 0.1) is 22.5 Å². The van der Waals surface area contributed by atoms with Crippen LogP contribution in [-0.2, 0) is 20.0 Å². The maximum absolute atomic E-state index is 12.8. The van der Waals surface area contributed by atoms with Crippen molar-refractivity contribution in [1.82, 2.24) is 0 Å². The number of aryl methyl sites for hydroxylation is 3. The largest absolute Gasteiger partial charge is 0.280 e. The van der Waals surface area contributed by atoms with Gasteiger partial charge in [0, 0.05) is 7.05 Å². The molecule has 136 valence electrons. The predicted octanol–water partition coefficient (Wildman–Crippen LogP) is 2.81. The number of nitrogens with zero attached hydrogens (tertiary/aromatic N) is 1. The average molecular weight is 383 g/mol. The highest BCUT2D eigenvalue weighted by atomic mass is 32.2. The third kappa shape index (κ3) is 4.32. The lowest BCUT2D eigenvalue weighted by atomic mass is 10.1. The molecule has 0 radical (unpaired) electrons. The summed E-state index contributed by atoms with van der Waals surface area (Å²) in [5, 5.41) is 0. The molecular weight excluding hydrogens is 360 g/mol. The smallest absolute Gasteiger partial charge is 0.262 e. The van der Waals surface area contributed by atoms with Gasteiger partial charge in [-0.15, -0.1) is 0 Å². The van der Waals surface area contributed by atoms with E-state index < -0.39 is 20.0 Å². The Balaban J connectivity index is 2.43. The van der Waals surface area contributed by atoms with E-state index in [0.29, 0.717) is 22.5 Å². The van der Waals surface area contributed by atoms with Gasteiger partial charge >= 0.3 is 0 Å². The van der Waals surface area contributed by atoms with Crippen LogP contribution in [-0.4, -0.2) is 30.1 Å². The van der Waals surface area contributed by atoms with Gasteiger partial charge in [0.2, 0.25) is 10.0 Å². The summed E-state index contributed by atoms with van der Waals surface area (Å²) >= 11 is 0. The van der Waals surface area contributed by atoms with Crippen molar-refractivity contribution >= 4 is 31.4 Å². The molecule has 2 aromatic carbocycles. The number of hydrogen-bond acceptors (Lipinski definition) is 4. The van der Waals surface area contributed by atoms with Crippen molar-refractivity contribution in [2.75, 3.05) is 22.3 Å². The zero-order valence-corrected chi connectivity index (χ0v) is 16.5. The van der Waals surface area contributed by atoms with Crippen LogP contribution in [0, 0.1) is 20.8 Å². The van der Waals surface area contributed by atoms with E-state index in [0.717, 1.165) is 16.1 Å². The van der Waals surface area contributed by atoms with Crippen LogP contribution >= 0.6 is 0 Å². The van der Waals surface area contributed by atoms with Crippen LogP contribution in [0.15, 0.2) is 41.3 Å². The number of benzene rings is 2. The maximum Gasteiger partial charge on any atom is 0.262 e. The summed E-state index contributed by atoms with van der Waals surface area (Å²) in [4.78, 5) is 0.236. The van der Waals surface area contributed by atoms with Crippen molar-refractivity contribution in [3.63, 3.8) is 0 Å². The highest BCUT2D eigenvalue weighted by Crippen LogP contribution is 2.26. The van der Waals surface area contributed by atoms with Gasteiger partial charge in [-0.2, -0.15) is 0 Å². The summed E-state index contributed by atoms with van der Waals surface area (Å²) in [5.74, 6) is 0. The molecule has 2 rings (SSSR count). The summed E-state index contributed by atoms with van der Waals surface area (Å²) in [6.45, 7) is 5.42. The van der Waals surface area contributed by atoms with Crippen molar-refractivity contribution in [2.24, 2.45) is 0 Å². The Kier molecular flexibility index (Phi) is 5.15. The number of anilines is 2. The zero-order valence-electron chi connectivity index (χ0n) is 14.9. The van der Waals surface area contributed by atoms with Gasteiger partial charge in [0.15, 0.2) is 0 Å². The van der Waals surface area contributed by atoms with E-state index in [2.05, 4.69) is 4.72 Å². The van der Waals surface area contributed by atoms with E-state index in [4.69, 9.17) is 0 Å². The van der Waals surface area contributed by atoms with Gasteiger partial charge in [0.1, 0.15) is 0 Å². The summed E-state index contributed by atoms with van der Waals surface area (Å²) in [6.07, 6.45) is 1.09. The molecule has 0 saturated carbocycles. The van der Waals surface area contributed by atoms with Gasteiger partial charge in [0.25, 0.3) is 10.0 Å². The second-order valence-corrected chi connectivity index (χ2v) is 9.75. The summed E-state index contributed by atoms with van der Waals surface area (Å²) in [7, 11) is -5.80. The standard InChI is InChI=1S/C17H22N2O4S2/c1-12-9-13(2)17(14(3)10-12)25(22,23)18-15-7-6-8-16(11-15)19(4)24(5,20)21/h6-11,18H,1-5H3. The van der Waals surface area contributed by atoms with Crippen molar-refractivity contribution in [3.05, 3.63) is 53.1 Å². The Morgan fingerprint density at radius 1 is 0.920 bits per heavy atom. The highest BCUT2D eigenvalue weighted by molar-refractivity contribution is 7.93. The first-order chi connectivity index (χ1) is 11.4. The molecule has 2 aromatic rings. The van der Waals surface area contributed by atoms with Crippen LogP contribution in [0.1, 0.15) is 16.7 Å². The Morgan fingerprint density at radius 3 is 2.00 bits per heavy atom. The molecule has 0 aromatic heterocycles. The summed E-state index contributed by atoms with van der Waals surface area (Å²) < 4.78 is 52.5. The Bertz CT molecular complexity index is 990. The normalized spacial score (nSPS) is 12.0. The van der Waals surface area contributed by atoms with Crippen LogP contribution in [0.25, 0.3) is 0 Å². The molecule has 25 heavy (non-hydrogen) atoms.